The Balaban J connectivity index is 2.59. The van der Waals surface area contributed by atoms with Crippen molar-refractivity contribution >= 4 is 55.6 Å². The molecule has 0 bridgehead atoms. The van der Waals surface area contributed by atoms with Gasteiger partial charge in [-0.2, -0.15) is 0 Å². The first kappa shape index (κ1) is 10.5. The van der Waals surface area contributed by atoms with Gasteiger partial charge in [0.15, 0.2) is 0 Å². The van der Waals surface area contributed by atoms with E-state index in [1.165, 1.54) is 13.7 Å². The Hall–Kier alpha value is -0.000000000000000111. The smallest absolute Gasteiger partial charge is 0.121 e. The van der Waals surface area contributed by atoms with E-state index in [1.807, 2.05) is 25.1 Å². The van der Waals surface area contributed by atoms with Gasteiger partial charge >= 0.3 is 0 Å². The molecule has 0 atom stereocenters. The Kier molecular flexibility index (Phi) is 3.19. The zero-order valence-electron chi connectivity index (χ0n) is 7.51. The quantitative estimate of drug-likeness (QED) is 0.730. The van der Waals surface area contributed by atoms with Gasteiger partial charge in [0.2, 0.25) is 0 Å². The molecule has 4 heteroatoms. The van der Waals surface area contributed by atoms with E-state index in [0.717, 1.165) is 10.1 Å². The van der Waals surface area contributed by atoms with E-state index in [4.69, 9.17) is 16.3 Å². The topological polar surface area (TPSA) is 9.23 Å². The van der Waals surface area contributed by atoms with Crippen LogP contribution in [0.15, 0.2) is 18.2 Å². The second-order valence-corrected chi connectivity index (χ2v) is 5.68. The molecule has 0 aliphatic carbocycles. The number of hydrogen-bond acceptors (Lipinski definition) is 2. The van der Waals surface area contributed by atoms with Gasteiger partial charge in [0.05, 0.1) is 10.9 Å². The Morgan fingerprint density at radius 3 is 2.93 bits per heavy atom. The highest BCUT2D eigenvalue weighted by molar-refractivity contribution is 14.1. The molecular formula is C10H8ClIOS. The summed E-state index contributed by atoms with van der Waals surface area (Å²) in [6.07, 6.45) is 0. The van der Waals surface area contributed by atoms with Crippen LogP contribution in [0.2, 0.25) is 4.34 Å². The maximum atomic E-state index is 5.96. The summed E-state index contributed by atoms with van der Waals surface area (Å²) in [7, 11) is 0. The minimum Gasteiger partial charge on any atom is -0.494 e. The number of rotatable bonds is 2. The van der Waals surface area contributed by atoms with E-state index < -0.39 is 0 Å². The van der Waals surface area contributed by atoms with Gasteiger partial charge in [-0.15, -0.1) is 11.3 Å². The number of ether oxygens (including phenoxy) is 1. The maximum absolute atomic E-state index is 5.96. The molecule has 0 radical (unpaired) electrons. The van der Waals surface area contributed by atoms with Crippen LogP contribution < -0.4 is 4.74 Å². The number of benzene rings is 1. The van der Waals surface area contributed by atoms with Crippen LogP contribution in [-0.2, 0) is 0 Å². The van der Waals surface area contributed by atoms with Gasteiger partial charge < -0.3 is 4.74 Å². The van der Waals surface area contributed by atoms with Gasteiger partial charge in [-0.1, -0.05) is 11.6 Å². The molecule has 0 aliphatic rings. The van der Waals surface area contributed by atoms with Crippen molar-refractivity contribution in [3.63, 3.8) is 0 Å². The molecule has 0 unspecified atom stereocenters. The van der Waals surface area contributed by atoms with E-state index >= 15 is 0 Å². The number of thiophene rings is 1. The first-order valence-corrected chi connectivity index (χ1v) is 6.49. The van der Waals surface area contributed by atoms with Crippen molar-refractivity contribution in [1.82, 2.24) is 0 Å². The predicted molar refractivity (Wildman–Crippen MR) is 70.7 cm³/mol. The third-order valence-electron chi connectivity index (χ3n) is 1.84. The molecule has 0 fully saturated rings. The largest absolute Gasteiger partial charge is 0.494 e. The molecule has 1 aromatic heterocycles. The van der Waals surface area contributed by atoms with E-state index in [9.17, 15) is 0 Å². The van der Waals surface area contributed by atoms with Gasteiger partial charge in [-0.3, -0.25) is 0 Å². The lowest BCUT2D eigenvalue weighted by Crippen LogP contribution is -1.91. The summed E-state index contributed by atoms with van der Waals surface area (Å²) in [4.78, 5) is 0. The lowest BCUT2D eigenvalue weighted by Gasteiger charge is -2.03. The minimum absolute atomic E-state index is 0.695. The van der Waals surface area contributed by atoms with Crippen LogP contribution >= 0.6 is 45.5 Å². The Bertz CT molecular complexity index is 466. The molecule has 2 aromatic rings. The fraction of sp³-hybridized carbons (Fsp3) is 0.200. The average molecular weight is 339 g/mol. The van der Waals surface area contributed by atoms with Gasteiger partial charge in [0, 0.05) is 13.7 Å². The molecule has 74 valence electrons. The van der Waals surface area contributed by atoms with Gasteiger partial charge in [-0.05, 0) is 47.7 Å². The summed E-state index contributed by atoms with van der Waals surface area (Å²) < 4.78 is 8.66. The van der Waals surface area contributed by atoms with Crippen LogP contribution in [0.3, 0.4) is 0 Å². The predicted octanol–water partition coefficient (Wildman–Crippen LogP) is 4.56. The molecule has 0 saturated carbocycles. The van der Waals surface area contributed by atoms with Crippen molar-refractivity contribution in [2.45, 2.75) is 6.92 Å². The van der Waals surface area contributed by atoms with Crippen LogP contribution in [0.5, 0.6) is 5.75 Å². The Morgan fingerprint density at radius 2 is 2.21 bits per heavy atom. The monoisotopic (exact) mass is 338 g/mol. The maximum Gasteiger partial charge on any atom is 0.121 e. The molecule has 2 rings (SSSR count). The highest BCUT2D eigenvalue weighted by Gasteiger charge is 2.06. The van der Waals surface area contributed by atoms with E-state index in [1.54, 1.807) is 11.3 Å². The highest BCUT2D eigenvalue weighted by Crippen LogP contribution is 2.35. The van der Waals surface area contributed by atoms with Gasteiger partial charge in [0.1, 0.15) is 5.75 Å². The zero-order valence-corrected chi connectivity index (χ0v) is 11.2. The van der Waals surface area contributed by atoms with Crippen molar-refractivity contribution < 1.29 is 4.74 Å². The first-order valence-electron chi connectivity index (χ1n) is 4.22. The second-order valence-electron chi connectivity index (χ2n) is 2.80. The third kappa shape index (κ3) is 1.99. The normalized spacial score (nSPS) is 10.8. The molecule has 0 N–H and O–H groups in total. The summed E-state index contributed by atoms with van der Waals surface area (Å²) in [5.74, 6) is 0.919. The fourth-order valence-electron chi connectivity index (χ4n) is 1.29. The fourth-order valence-corrected chi connectivity index (χ4v) is 3.43. The van der Waals surface area contributed by atoms with Gasteiger partial charge in [0.25, 0.3) is 0 Å². The van der Waals surface area contributed by atoms with Crippen molar-refractivity contribution in [3.05, 3.63) is 26.1 Å². The number of halogens is 2. The number of fused-ring (bicyclic) bond motifs is 1. The first-order chi connectivity index (χ1) is 6.70. The molecule has 1 nitrogen and oxygen atoms in total. The van der Waals surface area contributed by atoms with Crippen LogP contribution in [0.25, 0.3) is 10.1 Å². The molecule has 1 heterocycles. The Morgan fingerprint density at radius 1 is 1.43 bits per heavy atom. The highest BCUT2D eigenvalue weighted by atomic mass is 127. The van der Waals surface area contributed by atoms with Crippen molar-refractivity contribution in [2.75, 3.05) is 6.61 Å². The summed E-state index contributed by atoms with van der Waals surface area (Å²) in [6.45, 7) is 2.68. The standard InChI is InChI=1S/C10H8ClIOS/c1-2-13-6-3-8(12)7-5-10(11)14-9(7)4-6/h3-5H,2H2,1H3. The van der Waals surface area contributed by atoms with E-state index in [2.05, 4.69) is 22.6 Å². The van der Waals surface area contributed by atoms with Crippen LogP contribution in [0, 0.1) is 3.57 Å². The molecule has 0 aliphatic heterocycles. The number of hydrogen-bond donors (Lipinski definition) is 0. The van der Waals surface area contributed by atoms with Crippen molar-refractivity contribution in [3.8, 4) is 5.75 Å². The van der Waals surface area contributed by atoms with Crippen LogP contribution in [0.4, 0.5) is 0 Å². The van der Waals surface area contributed by atoms with Crippen LogP contribution in [0.1, 0.15) is 6.92 Å². The van der Waals surface area contributed by atoms with Crippen molar-refractivity contribution in [1.29, 1.82) is 0 Å². The molecule has 0 amide bonds. The zero-order chi connectivity index (χ0) is 10.1. The molecule has 1 aromatic carbocycles. The second kappa shape index (κ2) is 4.24. The minimum atomic E-state index is 0.695. The molecular weight excluding hydrogens is 331 g/mol. The molecule has 14 heavy (non-hydrogen) atoms. The van der Waals surface area contributed by atoms with E-state index in [0.29, 0.717) is 6.61 Å². The molecule has 0 spiro atoms. The third-order valence-corrected chi connectivity index (χ3v) is 3.94. The van der Waals surface area contributed by atoms with E-state index in [-0.39, 0.29) is 0 Å². The summed E-state index contributed by atoms with van der Waals surface area (Å²) >= 11 is 9.85. The lowest BCUT2D eigenvalue weighted by atomic mass is 10.2. The van der Waals surface area contributed by atoms with Crippen molar-refractivity contribution in [2.24, 2.45) is 0 Å². The SMILES string of the molecule is CCOc1cc(I)c2cc(Cl)sc2c1. The summed E-state index contributed by atoms with van der Waals surface area (Å²) in [5, 5.41) is 1.21. The lowest BCUT2D eigenvalue weighted by molar-refractivity contribution is 0.340. The van der Waals surface area contributed by atoms with Crippen LogP contribution in [-0.4, -0.2) is 6.61 Å². The molecule has 0 saturated heterocycles. The summed E-state index contributed by atoms with van der Waals surface area (Å²) in [6, 6.07) is 6.08. The summed E-state index contributed by atoms with van der Waals surface area (Å²) in [5.41, 5.74) is 0. The average Bonchev–Trinajstić information content (AvgIpc) is 2.47. The Labute approximate surface area is 105 Å². The van der Waals surface area contributed by atoms with Gasteiger partial charge in [-0.25, -0.2) is 0 Å².